The molecule has 5 nitrogen and oxygen atoms in total. The van der Waals surface area contributed by atoms with E-state index in [1.807, 2.05) is 43.3 Å². The van der Waals surface area contributed by atoms with Crippen LogP contribution >= 0.6 is 0 Å². The van der Waals surface area contributed by atoms with Gasteiger partial charge in [0.2, 0.25) is 5.89 Å². The number of carbonyl (C=O) groups excluding carboxylic acids is 1. The molecule has 0 fully saturated rings. The Labute approximate surface area is 139 Å². The smallest absolute Gasteiger partial charge is 0.338 e. The van der Waals surface area contributed by atoms with Gasteiger partial charge in [0.15, 0.2) is 12.4 Å². The van der Waals surface area contributed by atoms with E-state index < -0.39 is 5.97 Å². The Balaban J connectivity index is 1.66. The summed E-state index contributed by atoms with van der Waals surface area (Å²) in [5.74, 6) is 1.18. The second kappa shape index (κ2) is 7.00. The second-order valence-corrected chi connectivity index (χ2v) is 5.24. The van der Waals surface area contributed by atoms with Crippen LogP contribution in [0.1, 0.15) is 21.8 Å². The normalized spacial score (nSPS) is 10.4. The third kappa shape index (κ3) is 3.46. The van der Waals surface area contributed by atoms with Crippen molar-refractivity contribution in [1.82, 2.24) is 4.98 Å². The van der Waals surface area contributed by atoms with Crippen molar-refractivity contribution in [3.63, 3.8) is 0 Å². The van der Waals surface area contributed by atoms with Crippen molar-refractivity contribution in [3.8, 4) is 17.1 Å². The van der Waals surface area contributed by atoms with E-state index in [1.54, 1.807) is 25.4 Å². The van der Waals surface area contributed by atoms with Crippen molar-refractivity contribution >= 4 is 5.97 Å². The van der Waals surface area contributed by atoms with Gasteiger partial charge in [-0.25, -0.2) is 9.78 Å². The van der Waals surface area contributed by atoms with E-state index in [0.717, 1.165) is 11.1 Å². The zero-order valence-electron chi connectivity index (χ0n) is 13.5. The number of carbonyl (C=O) groups is 1. The van der Waals surface area contributed by atoms with E-state index in [2.05, 4.69) is 4.98 Å². The number of oxazole rings is 1. The Bertz CT molecular complexity index is 840. The predicted octanol–water partition coefficient (Wildman–Crippen LogP) is 4.02. The van der Waals surface area contributed by atoms with Gasteiger partial charge in [0.25, 0.3) is 0 Å². The quantitative estimate of drug-likeness (QED) is 0.664. The average Bonchev–Trinajstić information content (AvgIpc) is 3.10. The van der Waals surface area contributed by atoms with Gasteiger partial charge in [0.1, 0.15) is 5.75 Å². The molecule has 0 unspecified atom stereocenters. The van der Waals surface area contributed by atoms with Crippen LogP contribution in [0.4, 0.5) is 0 Å². The summed E-state index contributed by atoms with van der Waals surface area (Å²) in [5.41, 5.74) is 2.30. The molecule has 1 heterocycles. The molecule has 0 saturated carbocycles. The minimum absolute atomic E-state index is 0.0259. The summed E-state index contributed by atoms with van der Waals surface area (Å²) in [6.45, 7) is 1.88. The summed E-state index contributed by atoms with van der Waals surface area (Å²) in [7, 11) is 1.56. The molecule has 5 heteroatoms. The SMILES string of the molecule is COc1cc(C(=O)OCc2ncc(-c3ccccc3)o2)ccc1C. The summed E-state index contributed by atoms with van der Waals surface area (Å²) < 4.78 is 16.1. The van der Waals surface area contributed by atoms with E-state index in [-0.39, 0.29) is 6.61 Å². The van der Waals surface area contributed by atoms with Crippen molar-refractivity contribution in [2.24, 2.45) is 0 Å². The highest BCUT2D eigenvalue weighted by atomic mass is 16.5. The molecule has 0 amide bonds. The molecule has 2 aromatic carbocycles. The van der Waals surface area contributed by atoms with Crippen LogP contribution in [0, 0.1) is 6.92 Å². The first-order chi connectivity index (χ1) is 11.7. The lowest BCUT2D eigenvalue weighted by molar-refractivity contribution is 0.0438. The molecule has 0 bridgehead atoms. The lowest BCUT2D eigenvalue weighted by Crippen LogP contribution is -2.06. The number of methoxy groups -OCH3 is 1. The highest BCUT2D eigenvalue weighted by molar-refractivity contribution is 5.90. The van der Waals surface area contributed by atoms with Crippen LogP contribution in [0.15, 0.2) is 59.1 Å². The molecule has 0 atom stereocenters. The number of esters is 1. The van der Waals surface area contributed by atoms with Gasteiger partial charge >= 0.3 is 5.97 Å². The molecule has 1 aromatic heterocycles. The number of aryl methyl sites for hydroxylation is 1. The first kappa shape index (κ1) is 15.8. The molecule has 0 aliphatic heterocycles. The molecule has 0 spiro atoms. The van der Waals surface area contributed by atoms with Crippen LogP contribution in [-0.4, -0.2) is 18.1 Å². The van der Waals surface area contributed by atoms with Gasteiger partial charge in [-0.1, -0.05) is 36.4 Å². The van der Waals surface area contributed by atoms with Gasteiger partial charge in [-0.05, 0) is 24.6 Å². The number of hydrogen-bond donors (Lipinski definition) is 0. The third-order valence-electron chi connectivity index (χ3n) is 3.58. The zero-order valence-corrected chi connectivity index (χ0v) is 13.5. The minimum Gasteiger partial charge on any atom is -0.496 e. The summed E-state index contributed by atoms with van der Waals surface area (Å²) >= 11 is 0. The lowest BCUT2D eigenvalue weighted by Gasteiger charge is -2.07. The molecule has 3 rings (SSSR count). The molecule has 122 valence electrons. The molecule has 0 N–H and O–H groups in total. The number of ether oxygens (including phenoxy) is 2. The first-order valence-corrected chi connectivity index (χ1v) is 7.49. The Morgan fingerprint density at radius 3 is 2.71 bits per heavy atom. The van der Waals surface area contributed by atoms with Crippen LogP contribution in [0.25, 0.3) is 11.3 Å². The van der Waals surface area contributed by atoms with E-state index in [0.29, 0.717) is 23.0 Å². The van der Waals surface area contributed by atoms with Crippen molar-refractivity contribution in [1.29, 1.82) is 0 Å². The second-order valence-electron chi connectivity index (χ2n) is 5.24. The number of rotatable bonds is 5. The predicted molar refractivity (Wildman–Crippen MR) is 88.8 cm³/mol. The summed E-state index contributed by atoms with van der Waals surface area (Å²) in [6.07, 6.45) is 1.62. The van der Waals surface area contributed by atoms with Crippen LogP contribution in [0.2, 0.25) is 0 Å². The van der Waals surface area contributed by atoms with Crippen LogP contribution < -0.4 is 4.74 Å². The summed E-state index contributed by atoms with van der Waals surface area (Å²) in [5, 5.41) is 0. The van der Waals surface area contributed by atoms with Gasteiger partial charge in [-0.3, -0.25) is 0 Å². The fourth-order valence-electron chi connectivity index (χ4n) is 2.27. The molecule has 0 aliphatic carbocycles. The molecule has 24 heavy (non-hydrogen) atoms. The zero-order chi connectivity index (χ0) is 16.9. The first-order valence-electron chi connectivity index (χ1n) is 7.49. The van der Waals surface area contributed by atoms with E-state index >= 15 is 0 Å². The van der Waals surface area contributed by atoms with Crippen LogP contribution in [0.3, 0.4) is 0 Å². The lowest BCUT2D eigenvalue weighted by atomic mass is 10.1. The Kier molecular flexibility index (Phi) is 4.61. The van der Waals surface area contributed by atoms with Crippen molar-refractivity contribution < 1.29 is 18.7 Å². The number of benzene rings is 2. The maximum Gasteiger partial charge on any atom is 0.338 e. The summed E-state index contributed by atoms with van der Waals surface area (Å²) in [4.78, 5) is 16.3. The summed E-state index contributed by atoms with van der Waals surface area (Å²) in [6, 6.07) is 14.8. The molecule has 0 radical (unpaired) electrons. The van der Waals surface area contributed by atoms with E-state index in [4.69, 9.17) is 13.9 Å². The maximum atomic E-state index is 12.1. The molecule has 3 aromatic rings. The number of hydrogen-bond acceptors (Lipinski definition) is 5. The molecular weight excluding hydrogens is 306 g/mol. The average molecular weight is 323 g/mol. The third-order valence-corrected chi connectivity index (χ3v) is 3.58. The minimum atomic E-state index is -0.451. The number of aromatic nitrogens is 1. The highest BCUT2D eigenvalue weighted by Gasteiger charge is 2.12. The Hall–Kier alpha value is -3.08. The standard InChI is InChI=1S/C19H17NO4/c1-13-8-9-15(10-16(13)22-2)19(21)23-12-18-20-11-17(24-18)14-6-4-3-5-7-14/h3-11H,12H2,1-2H3. The highest BCUT2D eigenvalue weighted by Crippen LogP contribution is 2.21. The van der Waals surface area contributed by atoms with Gasteiger partial charge in [-0.15, -0.1) is 0 Å². The fraction of sp³-hybridized carbons (Fsp3) is 0.158. The monoisotopic (exact) mass is 323 g/mol. The van der Waals surface area contributed by atoms with Crippen LogP contribution in [0.5, 0.6) is 5.75 Å². The molecule has 0 aliphatic rings. The topological polar surface area (TPSA) is 61.6 Å². The van der Waals surface area contributed by atoms with Crippen molar-refractivity contribution in [3.05, 3.63) is 71.7 Å². The molecular formula is C19H17NO4. The fourth-order valence-corrected chi connectivity index (χ4v) is 2.27. The van der Waals surface area contributed by atoms with Crippen molar-refractivity contribution in [2.75, 3.05) is 7.11 Å². The van der Waals surface area contributed by atoms with Crippen molar-refractivity contribution in [2.45, 2.75) is 13.5 Å². The Morgan fingerprint density at radius 2 is 1.96 bits per heavy atom. The molecule has 0 saturated heterocycles. The van der Waals surface area contributed by atoms with Crippen LogP contribution in [-0.2, 0) is 11.3 Å². The van der Waals surface area contributed by atoms with Gasteiger partial charge < -0.3 is 13.9 Å². The van der Waals surface area contributed by atoms with Gasteiger partial charge in [-0.2, -0.15) is 0 Å². The maximum absolute atomic E-state index is 12.1. The van der Waals surface area contributed by atoms with E-state index in [9.17, 15) is 4.79 Å². The largest absolute Gasteiger partial charge is 0.496 e. The number of nitrogens with zero attached hydrogens (tertiary/aromatic N) is 1. The van der Waals surface area contributed by atoms with Gasteiger partial charge in [0.05, 0.1) is 18.9 Å². The van der Waals surface area contributed by atoms with E-state index in [1.165, 1.54) is 0 Å². The van der Waals surface area contributed by atoms with Gasteiger partial charge in [0, 0.05) is 5.56 Å². The Morgan fingerprint density at radius 1 is 1.17 bits per heavy atom.